The first-order valence-electron chi connectivity index (χ1n) is 11.4. The summed E-state index contributed by atoms with van der Waals surface area (Å²) in [5.74, 6) is 0.669. The molecule has 2 fully saturated rings. The van der Waals surface area contributed by atoms with Gasteiger partial charge < -0.3 is 24.4 Å². The van der Waals surface area contributed by atoms with Crippen molar-refractivity contribution in [2.75, 3.05) is 39.3 Å². The van der Waals surface area contributed by atoms with Gasteiger partial charge in [0.1, 0.15) is 25.1 Å². The third-order valence-electron chi connectivity index (χ3n) is 5.83. The van der Waals surface area contributed by atoms with Gasteiger partial charge >= 0.3 is 12.2 Å². The fourth-order valence-electron chi connectivity index (χ4n) is 3.95. The normalized spacial score (nSPS) is 19.1. The molecule has 2 saturated heterocycles. The highest BCUT2D eigenvalue weighted by Gasteiger charge is 2.32. The summed E-state index contributed by atoms with van der Waals surface area (Å²) in [5, 5.41) is 3.30. The second kappa shape index (κ2) is 11.5. The van der Waals surface area contributed by atoms with E-state index in [1.54, 1.807) is 22.2 Å². The highest BCUT2D eigenvalue weighted by molar-refractivity contribution is 5.69. The van der Waals surface area contributed by atoms with E-state index in [0.717, 1.165) is 5.56 Å². The molecule has 1 aromatic carbocycles. The van der Waals surface area contributed by atoms with E-state index in [-0.39, 0.29) is 30.9 Å². The fraction of sp³-hybridized carbons (Fsp3) is 0.458. The second-order valence-electron chi connectivity index (χ2n) is 8.16. The molecule has 2 amide bonds. The molecule has 4 rings (SSSR count). The fourth-order valence-corrected chi connectivity index (χ4v) is 3.95. The number of carbonyl (C=O) groups is 2. The number of piperidine rings is 1. The van der Waals surface area contributed by atoms with Crippen LogP contribution in [0.3, 0.4) is 0 Å². The van der Waals surface area contributed by atoms with Crippen molar-refractivity contribution in [2.24, 2.45) is 0 Å². The van der Waals surface area contributed by atoms with Crippen LogP contribution in [-0.2, 0) is 16.1 Å². The number of ether oxygens (including phenoxy) is 3. The number of nitrogens with one attached hydrogen (secondary N) is 1. The van der Waals surface area contributed by atoms with Crippen LogP contribution < -0.4 is 10.1 Å². The van der Waals surface area contributed by atoms with E-state index in [1.165, 1.54) is 0 Å². The lowest BCUT2D eigenvalue weighted by Gasteiger charge is -2.37. The number of carbonyl (C=O) groups excluding carboxylic acids is 2. The van der Waals surface area contributed by atoms with Gasteiger partial charge in [0.2, 0.25) is 0 Å². The average molecular weight is 455 g/mol. The van der Waals surface area contributed by atoms with E-state index in [4.69, 9.17) is 14.2 Å². The summed E-state index contributed by atoms with van der Waals surface area (Å²) in [6.07, 6.45) is 3.64. The minimum Gasteiger partial charge on any atom is -0.490 e. The number of hydrogen-bond acceptors (Lipinski definition) is 7. The molecule has 33 heavy (non-hydrogen) atoms. The van der Waals surface area contributed by atoms with Crippen LogP contribution in [0.25, 0.3) is 0 Å². The van der Waals surface area contributed by atoms with Gasteiger partial charge in [-0.1, -0.05) is 30.3 Å². The Morgan fingerprint density at radius 1 is 1.03 bits per heavy atom. The molecule has 0 saturated carbocycles. The van der Waals surface area contributed by atoms with Gasteiger partial charge in [-0.05, 0) is 17.7 Å². The van der Waals surface area contributed by atoms with Crippen LogP contribution in [0, 0.1) is 0 Å². The first-order valence-corrected chi connectivity index (χ1v) is 11.4. The Balaban J connectivity index is 1.21. The zero-order valence-corrected chi connectivity index (χ0v) is 18.6. The molecule has 0 radical (unpaired) electrons. The third-order valence-corrected chi connectivity index (χ3v) is 5.83. The number of piperazine rings is 1. The maximum Gasteiger partial charge on any atom is 0.410 e. The molecule has 9 heteroatoms. The van der Waals surface area contributed by atoms with Gasteiger partial charge in [0.05, 0.1) is 12.2 Å². The predicted octanol–water partition coefficient (Wildman–Crippen LogP) is 2.67. The van der Waals surface area contributed by atoms with Crippen LogP contribution in [0.15, 0.2) is 54.9 Å². The van der Waals surface area contributed by atoms with Crippen molar-refractivity contribution in [3.63, 3.8) is 0 Å². The van der Waals surface area contributed by atoms with Crippen LogP contribution >= 0.6 is 0 Å². The molecule has 1 N–H and O–H groups in total. The Kier molecular flexibility index (Phi) is 7.97. The summed E-state index contributed by atoms with van der Waals surface area (Å²) in [4.78, 5) is 32.6. The van der Waals surface area contributed by atoms with Gasteiger partial charge in [-0.15, -0.1) is 0 Å². The van der Waals surface area contributed by atoms with Crippen molar-refractivity contribution >= 4 is 12.2 Å². The Labute approximate surface area is 193 Å². The van der Waals surface area contributed by atoms with Crippen LogP contribution in [0.2, 0.25) is 0 Å². The first-order chi connectivity index (χ1) is 16.2. The maximum atomic E-state index is 12.9. The van der Waals surface area contributed by atoms with E-state index < -0.39 is 0 Å². The van der Waals surface area contributed by atoms with Gasteiger partial charge in [-0.3, -0.25) is 9.88 Å². The van der Waals surface area contributed by atoms with E-state index in [1.807, 2.05) is 42.5 Å². The molecule has 1 aromatic heterocycles. The van der Waals surface area contributed by atoms with Gasteiger partial charge in [0, 0.05) is 51.8 Å². The van der Waals surface area contributed by atoms with Crippen molar-refractivity contribution in [1.82, 2.24) is 20.1 Å². The van der Waals surface area contributed by atoms with Crippen molar-refractivity contribution in [1.29, 1.82) is 0 Å². The number of likely N-dealkylation sites (tertiary alicyclic amines) is 1. The first kappa shape index (κ1) is 22.8. The van der Waals surface area contributed by atoms with Crippen molar-refractivity contribution in [3.05, 3.63) is 60.4 Å². The van der Waals surface area contributed by atoms with Gasteiger partial charge in [-0.2, -0.15) is 0 Å². The van der Waals surface area contributed by atoms with Crippen molar-refractivity contribution in [3.8, 4) is 5.75 Å². The molecule has 176 valence electrons. The summed E-state index contributed by atoms with van der Waals surface area (Å²) >= 11 is 0. The number of pyridine rings is 1. The maximum absolute atomic E-state index is 12.9. The molecule has 1 atom stereocenters. The molecule has 0 spiro atoms. The number of rotatable bonds is 6. The van der Waals surface area contributed by atoms with Crippen molar-refractivity contribution < 1.29 is 23.8 Å². The van der Waals surface area contributed by atoms with E-state index in [2.05, 4.69) is 10.3 Å². The molecule has 0 bridgehead atoms. The number of hydrogen-bond donors (Lipinski definition) is 1. The number of aromatic nitrogens is 1. The molecule has 2 aromatic rings. The quantitative estimate of drug-likeness (QED) is 0.717. The number of nitrogens with zero attached hydrogens (tertiary/aromatic N) is 3. The van der Waals surface area contributed by atoms with Crippen molar-refractivity contribution in [2.45, 2.75) is 31.6 Å². The minimum absolute atomic E-state index is 0.125. The molecule has 1 unspecified atom stereocenters. The smallest absolute Gasteiger partial charge is 0.410 e. The Morgan fingerprint density at radius 2 is 1.85 bits per heavy atom. The Morgan fingerprint density at radius 3 is 2.61 bits per heavy atom. The SMILES string of the molecule is O=C(OCc1ccccc1)N1CCC(OC(=O)N2CCNCC2COc2cccnc2)CC1. The number of benzene rings is 1. The molecule has 3 heterocycles. The summed E-state index contributed by atoms with van der Waals surface area (Å²) in [7, 11) is 0. The Hall–Kier alpha value is -3.33. The minimum atomic E-state index is -0.335. The monoisotopic (exact) mass is 454 g/mol. The lowest BCUT2D eigenvalue weighted by Crippen LogP contribution is -2.56. The summed E-state index contributed by atoms with van der Waals surface area (Å²) in [6, 6.07) is 13.1. The van der Waals surface area contributed by atoms with Crippen LogP contribution in [-0.4, -0.2) is 78.4 Å². The van der Waals surface area contributed by atoms with Gasteiger partial charge in [0.15, 0.2) is 0 Å². The van der Waals surface area contributed by atoms with Crippen LogP contribution in [0.4, 0.5) is 9.59 Å². The van der Waals surface area contributed by atoms with Gasteiger partial charge in [0.25, 0.3) is 0 Å². The highest BCUT2D eigenvalue weighted by atomic mass is 16.6. The molecular weight excluding hydrogens is 424 g/mol. The summed E-state index contributed by atoms with van der Waals surface area (Å²) in [5.41, 5.74) is 0.952. The molecular formula is C24H30N4O5. The number of amides is 2. The third kappa shape index (κ3) is 6.58. The summed E-state index contributed by atoms with van der Waals surface area (Å²) < 4.78 is 17.0. The molecule has 9 nitrogen and oxygen atoms in total. The zero-order chi connectivity index (χ0) is 22.9. The standard InChI is InChI=1S/C24H30N4O5/c29-23(32-17-19-5-2-1-3-6-19)27-12-8-21(9-13-27)33-24(30)28-14-11-26-15-20(28)18-31-22-7-4-10-25-16-22/h1-7,10,16,20-21,26H,8-9,11-15,17-18H2. The summed E-state index contributed by atoms with van der Waals surface area (Å²) in [6.45, 7) is 3.52. The van der Waals surface area contributed by atoms with Crippen LogP contribution in [0.5, 0.6) is 5.75 Å². The van der Waals surface area contributed by atoms with E-state index in [0.29, 0.717) is 57.9 Å². The lowest BCUT2D eigenvalue weighted by molar-refractivity contribution is 0.00976. The highest BCUT2D eigenvalue weighted by Crippen LogP contribution is 2.18. The lowest BCUT2D eigenvalue weighted by atomic mass is 10.1. The topological polar surface area (TPSA) is 93.2 Å². The Bertz CT molecular complexity index is 890. The molecule has 2 aliphatic heterocycles. The average Bonchev–Trinajstić information content (AvgIpc) is 2.88. The zero-order valence-electron chi connectivity index (χ0n) is 18.6. The van der Waals surface area contributed by atoms with Gasteiger partial charge in [-0.25, -0.2) is 9.59 Å². The predicted molar refractivity (Wildman–Crippen MR) is 121 cm³/mol. The molecule has 2 aliphatic rings. The van der Waals surface area contributed by atoms with E-state index >= 15 is 0 Å². The van der Waals surface area contributed by atoms with Crippen LogP contribution in [0.1, 0.15) is 18.4 Å². The largest absolute Gasteiger partial charge is 0.490 e. The second-order valence-corrected chi connectivity index (χ2v) is 8.16. The molecule has 0 aliphatic carbocycles. The van der Waals surface area contributed by atoms with E-state index in [9.17, 15) is 9.59 Å².